The molecule has 0 spiro atoms. The molecule has 0 unspecified atom stereocenters. The van der Waals surface area contributed by atoms with Gasteiger partial charge < -0.3 is 10.4 Å². The second kappa shape index (κ2) is 10.5. The van der Waals surface area contributed by atoms with E-state index in [1.165, 1.54) is 5.56 Å². The second-order valence-electron chi connectivity index (χ2n) is 6.53. The molecule has 0 radical (unpaired) electrons. The van der Waals surface area contributed by atoms with E-state index in [0.29, 0.717) is 17.4 Å². The maximum atomic E-state index is 11.6. The molecular weight excluding hydrogens is 382 g/mol. The van der Waals surface area contributed by atoms with Gasteiger partial charge in [-0.3, -0.25) is 4.79 Å². The molecule has 0 saturated carbocycles. The van der Waals surface area contributed by atoms with Crippen LogP contribution in [0.2, 0.25) is 5.15 Å². The summed E-state index contributed by atoms with van der Waals surface area (Å²) in [4.78, 5) is 20.2. The molecule has 2 rings (SSSR count). The molecule has 0 amide bonds. The number of benzene rings is 1. The maximum Gasteiger partial charge on any atom is 0.317 e. The summed E-state index contributed by atoms with van der Waals surface area (Å²) < 4.78 is 0. The minimum absolute atomic E-state index is 0.287. The Bertz CT molecular complexity index is 786. The van der Waals surface area contributed by atoms with Gasteiger partial charge in [0.15, 0.2) is 5.16 Å². The molecule has 2 N–H and O–H groups in total. The molecule has 7 heteroatoms. The number of aryl methyl sites for hydroxylation is 1. The Kier molecular flexibility index (Phi) is 8.38. The van der Waals surface area contributed by atoms with Gasteiger partial charge in [-0.2, -0.15) is 0 Å². The smallest absolute Gasteiger partial charge is 0.317 e. The van der Waals surface area contributed by atoms with Gasteiger partial charge in [-0.1, -0.05) is 68.1 Å². The van der Waals surface area contributed by atoms with Crippen LogP contribution in [0.25, 0.3) is 0 Å². The van der Waals surface area contributed by atoms with Crippen molar-refractivity contribution in [3.05, 3.63) is 40.5 Å². The van der Waals surface area contributed by atoms with Gasteiger partial charge in [0, 0.05) is 11.8 Å². The summed E-state index contributed by atoms with van der Waals surface area (Å²) >= 11 is 7.30. The van der Waals surface area contributed by atoms with E-state index in [1.807, 2.05) is 32.0 Å². The lowest BCUT2D eigenvalue weighted by Crippen LogP contribution is -2.17. The SMILES string of the molecule is CCCCCC[C@@H](Sc1nc(Cl)cc(Nc2cccc(C)c2C)n1)C(=O)O. The number of nitrogens with zero attached hydrogens (tertiary/aromatic N) is 2. The van der Waals surface area contributed by atoms with Crippen LogP contribution in [0.1, 0.15) is 50.2 Å². The van der Waals surface area contributed by atoms with Crippen LogP contribution in [-0.4, -0.2) is 26.3 Å². The molecule has 5 nitrogen and oxygen atoms in total. The molecule has 0 fully saturated rings. The number of carboxylic acids is 1. The molecule has 0 aliphatic heterocycles. The van der Waals surface area contributed by atoms with Crippen molar-refractivity contribution in [2.24, 2.45) is 0 Å². The van der Waals surface area contributed by atoms with Crippen molar-refractivity contribution in [3.8, 4) is 0 Å². The molecule has 1 aromatic heterocycles. The zero-order valence-electron chi connectivity index (χ0n) is 16.0. The summed E-state index contributed by atoms with van der Waals surface area (Å²) in [6, 6.07) is 7.63. The first-order valence-corrected chi connectivity index (χ1v) is 10.4. The summed E-state index contributed by atoms with van der Waals surface area (Å²) in [7, 11) is 0. The van der Waals surface area contributed by atoms with Crippen LogP contribution in [-0.2, 0) is 4.79 Å². The largest absolute Gasteiger partial charge is 0.480 e. The van der Waals surface area contributed by atoms with Crippen molar-refractivity contribution in [2.45, 2.75) is 63.3 Å². The summed E-state index contributed by atoms with van der Waals surface area (Å²) in [6.45, 7) is 6.21. The molecule has 27 heavy (non-hydrogen) atoms. The van der Waals surface area contributed by atoms with E-state index in [2.05, 4.69) is 22.2 Å². The number of carboxylic acid groups (broad SMARTS) is 1. The number of thioether (sulfide) groups is 1. The standard InChI is InChI=1S/C20H26ClN3O2S/c1-4-5-6-7-11-16(19(25)26)27-20-23-17(21)12-18(24-20)22-15-10-8-9-13(2)14(15)3/h8-10,12,16H,4-7,11H2,1-3H3,(H,25,26)(H,22,23,24)/t16-/m1/s1. The first-order valence-electron chi connectivity index (χ1n) is 9.18. The van der Waals surface area contributed by atoms with Crippen LogP contribution in [0.15, 0.2) is 29.4 Å². The monoisotopic (exact) mass is 407 g/mol. The number of aliphatic carboxylic acids is 1. The van der Waals surface area contributed by atoms with Crippen LogP contribution in [0.5, 0.6) is 0 Å². The van der Waals surface area contributed by atoms with E-state index in [-0.39, 0.29) is 5.15 Å². The molecule has 1 aromatic carbocycles. The van der Waals surface area contributed by atoms with E-state index >= 15 is 0 Å². The predicted molar refractivity (Wildman–Crippen MR) is 112 cm³/mol. The number of hydrogen-bond donors (Lipinski definition) is 2. The summed E-state index contributed by atoms with van der Waals surface area (Å²) in [5, 5.41) is 12.9. The summed E-state index contributed by atoms with van der Waals surface area (Å²) in [5.74, 6) is -0.287. The minimum Gasteiger partial charge on any atom is -0.480 e. The Morgan fingerprint density at radius 3 is 2.74 bits per heavy atom. The van der Waals surface area contributed by atoms with Gasteiger partial charge in [0.1, 0.15) is 16.2 Å². The number of hydrogen-bond acceptors (Lipinski definition) is 5. The van der Waals surface area contributed by atoms with Gasteiger partial charge >= 0.3 is 5.97 Å². The van der Waals surface area contributed by atoms with Gasteiger partial charge in [0.05, 0.1) is 0 Å². The van der Waals surface area contributed by atoms with Crippen molar-refractivity contribution in [1.82, 2.24) is 9.97 Å². The Morgan fingerprint density at radius 2 is 2.04 bits per heavy atom. The van der Waals surface area contributed by atoms with Crippen molar-refractivity contribution in [1.29, 1.82) is 0 Å². The van der Waals surface area contributed by atoms with Gasteiger partial charge in [-0.05, 0) is 37.5 Å². The lowest BCUT2D eigenvalue weighted by Gasteiger charge is -2.14. The number of anilines is 2. The Balaban J connectivity index is 2.13. The zero-order chi connectivity index (χ0) is 19.8. The van der Waals surface area contributed by atoms with Crippen LogP contribution in [0.3, 0.4) is 0 Å². The van der Waals surface area contributed by atoms with Gasteiger partial charge in [-0.25, -0.2) is 9.97 Å². The maximum absolute atomic E-state index is 11.6. The lowest BCUT2D eigenvalue weighted by atomic mass is 10.1. The van der Waals surface area contributed by atoms with Crippen LogP contribution >= 0.6 is 23.4 Å². The number of aromatic nitrogens is 2. The molecule has 0 aliphatic rings. The average Bonchev–Trinajstić information content (AvgIpc) is 2.61. The Morgan fingerprint density at radius 1 is 1.26 bits per heavy atom. The zero-order valence-corrected chi connectivity index (χ0v) is 17.5. The third-order valence-electron chi connectivity index (χ3n) is 4.38. The fraction of sp³-hybridized carbons (Fsp3) is 0.450. The molecule has 1 atom stereocenters. The quantitative estimate of drug-likeness (QED) is 0.217. The van der Waals surface area contributed by atoms with Gasteiger partial charge in [-0.15, -0.1) is 0 Å². The molecular formula is C20H26ClN3O2S. The molecule has 2 aromatic rings. The van der Waals surface area contributed by atoms with Gasteiger partial charge in [0.2, 0.25) is 0 Å². The molecule has 0 saturated heterocycles. The fourth-order valence-corrected chi connectivity index (χ4v) is 3.83. The van der Waals surface area contributed by atoms with Crippen molar-refractivity contribution >= 4 is 40.8 Å². The van der Waals surface area contributed by atoms with Crippen molar-refractivity contribution in [2.75, 3.05) is 5.32 Å². The predicted octanol–water partition coefficient (Wildman–Crippen LogP) is 6.01. The Hall–Kier alpha value is -1.79. The Labute approximate surface area is 170 Å². The average molecular weight is 408 g/mol. The van der Waals surface area contributed by atoms with Gasteiger partial charge in [0.25, 0.3) is 0 Å². The highest BCUT2D eigenvalue weighted by Crippen LogP contribution is 2.29. The van der Waals surface area contributed by atoms with E-state index in [1.54, 1.807) is 6.07 Å². The first kappa shape index (κ1) is 21.5. The van der Waals surface area contributed by atoms with Crippen molar-refractivity contribution < 1.29 is 9.90 Å². The number of nitrogens with one attached hydrogen (secondary N) is 1. The van der Waals surface area contributed by atoms with E-state index in [4.69, 9.17) is 11.6 Å². The lowest BCUT2D eigenvalue weighted by molar-refractivity contribution is -0.136. The topological polar surface area (TPSA) is 75.1 Å². The third kappa shape index (κ3) is 6.70. The highest BCUT2D eigenvalue weighted by atomic mass is 35.5. The summed E-state index contributed by atoms with van der Waals surface area (Å²) in [5.41, 5.74) is 3.24. The number of halogens is 1. The third-order valence-corrected chi connectivity index (χ3v) is 5.69. The molecule has 0 bridgehead atoms. The van der Waals surface area contributed by atoms with Crippen molar-refractivity contribution in [3.63, 3.8) is 0 Å². The van der Waals surface area contributed by atoms with E-state index < -0.39 is 11.2 Å². The van der Waals surface area contributed by atoms with E-state index in [0.717, 1.165) is 48.7 Å². The number of unbranched alkanes of at least 4 members (excludes halogenated alkanes) is 3. The fourth-order valence-electron chi connectivity index (χ4n) is 2.65. The van der Waals surface area contributed by atoms with Crippen LogP contribution in [0, 0.1) is 13.8 Å². The van der Waals surface area contributed by atoms with Crippen LogP contribution < -0.4 is 5.32 Å². The summed E-state index contributed by atoms with van der Waals surface area (Å²) in [6.07, 6.45) is 4.75. The van der Waals surface area contributed by atoms with E-state index in [9.17, 15) is 9.90 Å². The highest BCUT2D eigenvalue weighted by molar-refractivity contribution is 8.00. The normalized spacial score (nSPS) is 12.0. The second-order valence-corrected chi connectivity index (χ2v) is 8.08. The number of rotatable bonds is 10. The molecule has 146 valence electrons. The highest BCUT2D eigenvalue weighted by Gasteiger charge is 2.20. The first-order chi connectivity index (χ1) is 12.9. The van der Waals surface area contributed by atoms with Crippen LogP contribution in [0.4, 0.5) is 11.5 Å². The minimum atomic E-state index is -0.843. The molecule has 1 heterocycles. The molecule has 0 aliphatic carbocycles. The number of carbonyl (C=O) groups is 1.